The van der Waals surface area contributed by atoms with Crippen molar-refractivity contribution in [2.24, 2.45) is 0 Å². The van der Waals surface area contributed by atoms with Crippen LogP contribution in [0.15, 0.2) is 358 Å². The number of hydrogen-bond acceptors (Lipinski definition) is 7. The standard InChI is InChI=1S/C96H59B4N7O/c1-8-29-60(30-9-1)101(61-31-10-2-11-32-61)67-53-85-91-89(54-67)108-88-59-84-76(56-77(88)98(91)71-46-23-25-50-79(71)103(85)63-35-14-4-15-36-63)100-73-48-27-44-69-68-43-26-47-72-94(68)107(95(69)73)96-92-86(58-87(93(96)100)106(84)66-41-20-7-21-42-66)105(65-39-18-6-19-40-65)83-57-82-74(55-75(83)99(72)92)97-70-45-22-24-49-78(70)102(62-33-12-3-13-34-62)80-51-28-52-81(90(80)97)104(82)64-37-16-5-17-38-64/h1-59H. The molecule has 0 amide bonds. The molecule has 8 nitrogen and oxygen atoms in total. The third kappa shape index (κ3) is 7.76. The summed E-state index contributed by atoms with van der Waals surface area (Å²) in [6.45, 7) is -0.639. The van der Waals surface area contributed by atoms with Crippen molar-refractivity contribution >= 4 is 217 Å². The Hall–Kier alpha value is -13.8. The fraction of sp³-hybridized carbons (Fsp3) is 0. The molecule has 0 bridgehead atoms. The van der Waals surface area contributed by atoms with Gasteiger partial charge in [0, 0.05) is 136 Å². The maximum Gasteiger partial charge on any atom is 0.256 e. The fourth-order valence-electron chi connectivity index (χ4n) is 20.5. The molecule has 0 atom stereocenters. The summed E-state index contributed by atoms with van der Waals surface area (Å²) in [7, 11) is 0. The van der Waals surface area contributed by atoms with Crippen LogP contribution in [0.2, 0.25) is 0 Å². The Morgan fingerprint density at radius 3 is 1.04 bits per heavy atom. The van der Waals surface area contributed by atoms with Gasteiger partial charge in [-0.3, -0.25) is 0 Å². The Kier molecular flexibility index (Phi) is 11.9. The number of benzene rings is 16. The predicted molar refractivity (Wildman–Crippen MR) is 454 cm³/mol. The van der Waals surface area contributed by atoms with E-state index in [0.717, 1.165) is 102 Å². The minimum atomic E-state index is -0.192. The summed E-state index contributed by atoms with van der Waals surface area (Å²) in [5.41, 5.74) is 39.2. The molecule has 0 fully saturated rings. The van der Waals surface area contributed by atoms with E-state index in [0.29, 0.717) is 0 Å². The summed E-state index contributed by atoms with van der Waals surface area (Å²) in [6, 6.07) is 134. The van der Waals surface area contributed by atoms with Crippen molar-refractivity contribution in [3.05, 3.63) is 358 Å². The van der Waals surface area contributed by atoms with E-state index in [-0.39, 0.29) is 26.9 Å². The molecule has 0 radical (unpaired) electrons. The minimum absolute atomic E-state index is 0.0920. The van der Waals surface area contributed by atoms with Crippen molar-refractivity contribution in [3.63, 3.8) is 0 Å². The Balaban J connectivity index is 0.771. The maximum absolute atomic E-state index is 7.87. The highest BCUT2D eigenvalue weighted by molar-refractivity contribution is 7.06. The molecule has 8 aliphatic rings. The van der Waals surface area contributed by atoms with Crippen LogP contribution < -0.4 is 99.7 Å². The lowest BCUT2D eigenvalue weighted by atomic mass is 9.28. The number of fused-ring (bicyclic) bond motifs is 15. The van der Waals surface area contributed by atoms with Crippen LogP contribution in [-0.4, -0.2) is 31.4 Å². The van der Waals surface area contributed by atoms with E-state index < -0.39 is 0 Å². The lowest BCUT2D eigenvalue weighted by Crippen LogP contribution is -2.68. The molecule has 12 heteroatoms. The fourth-order valence-corrected chi connectivity index (χ4v) is 20.5. The molecule has 1 aromatic heterocycles. The molecule has 16 aromatic carbocycles. The van der Waals surface area contributed by atoms with E-state index >= 15 is 0 Å². The van der Waals surface area contributed by atoms with Gasteiger partial charge < -0.3 is 38.7 Å². The van der Waals surface area contributed by atoms with E-state index in [1.807, 2.05) is 0 Å². The van der Waals surface area contributed by atoms with Gasteiger partial charge in [0.15, 0.2) is 0 Å². The summed E-state index contributed by atoms with van der Waals surface area (Å²) < 4.78 is 10.6. The molecule has 0 saturated carbocycles. The topological polar surface area (TPSA) is 33.6 Å². The highest BCUT2D eigenvalue weighted by atomic mass is 16.5. The van der Waals surface area contributed by atoms with Crippen LogP contribution in [0.25, 0.3) is 27.5 Å². The smallest absolute Gasteiger partial charge is 0.256 e. The van der Waals surface area contributed by atoms with Crippen LogP contribution in [0.3, 0.4) is 0 Å². The first-order valence-corrected chi connectivity index (χ1v) is 37.6. The first-order chi connectivity index (χ1) is 53.7. The molecule has 8 aliphatic heterocycles. The second-order valence-corrected chi connectivity index (χ2v) is 29.7. The van der Waals surface area contributed by atoms with E-state index in [1.54, 1.807) is 0 Å². The Bertz CT molecular complexity index is 6690. The summed E-state index contributed by atoms with van der Waals surface area (Å²) in [4.78, 5) is 15.1. The van der Waals surface area contributed by atoms with Crippen LogP contribution in [-0.2, 0) is 0 Å². The summed E-state index contributed by atoms with van der Waals surface area (Å²) in [6.07, 6.45) is 0. The quantitative estimate of drug-likeness (QED) is 0.140. The third-order valence-corrected chi connectivity index (χ3v) is 24.4. The third-order valence-electron chi connectivity index (χ3n) is 24.4. The highest BCUT2D eigenvalue weighted by Gasteiger charge is 2.54. The molecule has 0 spiro atoms. The van der Waals surface area contributed by atoms with E-state index in [1.165, 1.54) is 105 Å². The molecular formula is C96H59B4N7O. The van der Waals surface area contributed by atoms with E-state index in [4.69, 9.17) is 4.74 Å². The molecule has 0 saturated heterocycles. The first kappa shape index (κ1) is 58.5. The van der Waals surface area contributed by atoms with Crippen molar-refractivity contribution in [1.29, 1.82) is 0 Å². The average molecular weight is 1370 g/mol. The van der Waals surface area contributed by atoms with Gasteiger partial charge in [0.1, 0.15) is 11.5 Å². The highest BCUT2D eigenvalue weighted by Crippen LogP contribution is 2.53. The number of ether oxygens (including phenoxy) is 1. The summed E-state index contributed by atoms with van der Waals surface area (Å²) in [5.74, 6) is 1.67. The number of para-hydroxylation sites is 11. The lowest BCUT2D eigenvalue weighted by Gasteiger charge is -2.48. The van der Waals surface area contributed by atoms with E-state index in [2.05, 4.69) is 392 Å². The van der Waals surface area contributed by atoms with Crippen LogP contribution in [0.1, 0.15) is 0 Å². The average Bonchev–Trinajstić information content (AvgIpc) is 1.32. The summed E-state index contributed by atoms with van der Waals surface area (Å²) in [5, 5.41) is 2.55. The van der Waals surface area contributed by atoms with Gasteiger partial charge in [-0.25, -0.2) is 0 Å². The molecule has 108 heavy (non-hydrogen) atoms. The van der Waals surface area contributed by atoms with Crippen molar-refractivity contribution in [2.75, 3.05) is 29.4 Å². The van der Waals surface area contributed by atoms with Crippen molar-refractivity contribution in [2.45, 2.75) is 0 Å². The van der Waals surface area contributed by atoms with Gasteiger partial charge in [-0.1, -0.05) is 218 Å². The number of hydrogen-bond donors (Lipinski definition) is 0. The lowest BCUT2D eigenvalue weighted by molar-refractivity contribution is 0.488. The normalized spacial score (nSPS) is 14.0. The number of rotatable bonds is 8. The molecule has 25 rings (SSSR count). The Morgan fingerprint density at radius 1 is 0.213 bits per heavy atom. The van der Waals surface area contributed by atoms with Crippen LogP contribution in [0.5, 0.6) is 11.5 Å². The monoisotopic (exact) mass is 1370 g/mol. The molecule has 9 heterocycles. The SMILES string of the molecule is c1ccc(N(c2ccccc2)c2cc3c4c(c2)N(c2ccccc2)c2ccccc2B4c2cc4c(cc2O3)N(c2ccccc2)c2cc3c5c6c2B4c2cccc4c7cccc(c7n-6c24)B5c2cc4c(cc2N3c2ccccc2)N(c2ccccc2)c2cccc3c2B4c2ccccc2N3c2ccccc2)cc1. The minimum Gasteiger partial charge on any atom is -0.458 e. The zero-order valence-electron chi connectivity index (χ0n) is 58.4. The van der Waals surface area contributed by atoms with Crippen LogP contribution in [0, 0.1) is 0 Å². The molecule has 0 unspecified atom stereocenters. The van der Waals surface area contributed by atoms with Gasteiger partial charge in [-0.2, -0.15) is 0 Å². The number of aromatic nitrogens is 1. The number of nitrogens with zero attached hydrogens (tertiary/aromatic N) is 7. The molecule has 0 aliphatic carbocycles. The largest absolute Gasteiger partial charge is 0.458 e. The zero-order valence-corrected chi connectivity index (χ0v) is 58.4. The molecule has 0 N–H and O–H groups in total. The van der Waals surface area contributed by atoms with Crippen LogP contribution >= 0.6 is 0 Å². The van der Waals surface area contributed by atoms with Gasteiger partial charge in [-0.15, -0.1) is 0 Å². The van der Waals surface area contributed by atoms with Gasteiger partial charge in [0.2, 0.25) is 0 Å². The van der Waals surface area contributed by atoms with Gasteiger partial charge in [0.05, 0.1) is 5.69 Å². The molecular weight excluding hydrogens is 1310 g/mol. The Morgan fingerprint density at radius 2 is 0.556 bits per heavy atom. The van der Waals surface area contributed by atoms with Crippen LogP contribution in [0.4, 0.5) is 102 Å². The second kappa shape index (κ2) is 21.9. The van der Waals surface area contributed by atoms with Gasteiger partial charge >= 0.3 is 0 Å². The van der Waals surface area contributed by atoms with Crippen molar-refractivity contribution in [1.82, 2.24) is 4.57 Å². The maximum atomic E-state index is 7.87. The van der Waals surface area contributed by atoms with Gasteiger partial charge in [0.25, 0.3) is 26.9 Å². The number of anilines is 18. The Labute approximate surface area is 626 Å². The molecule has 496 valence electrons. The zero-order chi connectivity index (χ0) is 70.1. The predicted octanol–water partition coefficient (Wildman–Crippen LogP) is 16.0. The van der Waals surface area contributed by atoms with Gasteiger partial charge in [-0.05, 0) is 193 Å². The second-order valence-electron chi connectivity index (χ2n) is 29.7. The van der Waals surface area contributed by atoms with Crippen molar-refractivity contribution in [3.8, 4) is 17.2 Å². The van der Waals surface area contributed by atoms with Crippen molar-refractivity contribution < 1.29 is 4.74 Å². The first-order valence-electron chi connectivity index (χ1n) is 37.6. The molecule has 17 aromatic rings. The van der Waals surface area contributed by atoms with E-state index in [9.17, 15) is 0 Å². The summed E-state index contributed by atoms with van der Waals surface area (Å²) >= 11 is 0.